The zero-order valence-corrected chi connectivity index (χ0v) is 10.8. The van der Waals surface area contributed by atoms with Gasteiger partial charge in [-0.2, -0.15) is 0 Å². The van der Waals surface area contributed by atoms with Gasteiger partial charge in [0.2, 0.25) is 0 Å². The van der Waals surface area contributed by atoms with Gasteiger partial charge in [-0.1, -0.05) is 13.0 Å². The average molecular weight is 235 g/mol. The number of carbonyl (C=O) groups is 1. The first-order valence-electron chi connectivity index (χ1n) is 5.88. The SMILES string of the molecule is CCN(C)CCNC(=O)c1cccc(N)c1C. The molecular weight excluding hydrogens is 214 g/mol. The fraction of sp³-hybridized carbons (Fsp3) is 0.462. The Bertz CT molecular complexity index is 390. The van der Waals surface area contributed by atoms with Crippen molar-refractivity contribution in [3.05, 3.63) is 29.3 Å². The first kappa shape index (κ1) is 13.5. The van der Waals surface area contributed by atoms with E-state index in [1.54, 1.807) is 18.2 Å². The second-order valence-electron chi connectivity index (χ2n) is 4.17. The van der Waals surface area contributed by atoms with E-state index in [4.69, 9.17) is 5.73 Å². The highest BCUT2D eigenvalue weighted by molar-refractivity contribution is 5.96. The molecule has 0 fully saturated rings. The summed E-state index contributed by atoms with van der Waals surface area (Å²) in [4.78, 5) is 14.0. The number of carbonyl (C=O) groups excluding carboxylic acids is 1. The van der Waals surface area contributed by atoms with Gasteiger partial charge in [-0.15, -0.1) is 0 Å². The lowest BCUT2D eigenvalue weighted by Gasteiger charge is -2.14. The van der Waals surface area contributed by atoms with Crippen molar-refractivity contribution in [2.24, 2.45) is 0 Å². The lowest BCUT2D eigenvalue weighted by atomic mass is 10.1. The van der Waals surface area contributed by atoms with Crippen molar-refractivity contribution in [2.75, 3.05) is 32.4 Å². The van der Waals surface area contributed by atoms with Crippen molar-refractivity contribution >= 4 is 11.6 Å². The first-order chi connectivity index (χ1) is 8.06. The molecule has 0 saturated heterocycles. The molecule has 0 aliphatic carbocycles. The second-order valence-corrected chi connectivity index (χ2v) is 4.17. The topological polar surface area (TPSA) is 58.4 Å². The highest BCUT2D eigenvalue weighted by Gasteiger charge is 2.09. The Kier molecular flexibility index (Phi) is 4.97. The number of nitrogens with zero attached hydrogens (tertiary/aromatic N) is 1. The maximum absolute atomic E-state index is 11.9. The predicted molar refractivity (Wildman–Crippen MR) is 71.1 cm³/mol. The Morgan fingerprint density at radius 2 is 2.18 bits per heavy atom. The molecule has 0 spiro atoms. The normalized spacial score (nSPS) is 10.6. The van der Waals surface area contributed by atoms with Crippen LogP contribution in [-0.2, 0) is 0 Å². The standard InChI is InChI=1S/C13H21N3O/c1-4-16(3)9-8-15-13(17)11-6-5-7-12(14)10(11)2/h5-7H,4,8-9,14H2,1-3H3,(H,15,17). The predicted octanol–water partition coefficient (Wildman–Crippen LogP) is 1.26. The highest BCUT2D eigenvalue weighted by Crippen LogP contribution is 2.14. The lowest BCUT2D eigenvalue weighted by Crippen LogP contribution is -2.33. The molecule has 0 bridgehead atoms. The van der Waals surface area contributed by atoms with Crippen LogP contribution in [0.1, 0.15) is 22.8 Å². The Labute approximate surface area is 103 Å². The molecule has 4 nitrogen and oxygen atoms in total. The Morgan fingerprint density at radius 3 is 2.82 bits per heavy atom. The molecule has 17 heavy (non-hydrogen) atoms. The van der Waals surface area contributed by atoms with Gasteiger partial charge in [-0.3, -0.25) is 4.79 Å². The van der Waals surface area contributed by atoms with Crippen LogP contribution in [0.15, 0.2) is 18.2 Å². The minimum Gasteiger partial charge on any atom is -0.398 e. The summed E-state index contributed by atoms with van der Waals surface area (Å²) in [5, 5.41) is 2.90. The summed E-state index contributed by atoms with van der Waals surface area (Å²) in [7, 11) is 2.03. The van der Waals surface area contributed by atoms with Crippen LogP contribution in [0.5, 0.6) is 0 Å². The molecule has 0 radical (unpaired) electrons. The third kappa shape index (κ3) is 3.75. The zero-order chi connectivity index (χ0) is 12.8. The van der Waals surface area contributed by atoms with Crippen molar-refractivity contribution in [1.29, 1.82) is 0 Å². The average Bonchev–Trinajstić information content (AvgIpc) is 2.32. The molecule has 0 heterocycles. The fourth-order valence-electron chi connectivity index (χ4n) is 1.51. The molecule has 1 rings (SSSR count). The van der Waals surface area contributed by atoms with E-state index in [9.17, 15) is 4.79 Å². The highest BCUT2D eigenvalue weighted by atomic mass is 16.1. The number of nitrogen functional groups attached to an aromatic ring is 1. The van der Waals surface area contributed by atoms with Crippen LogP contribution >= 0.6 is 0 Å². The molecule has 0 aliphatic rings. The second kappa shape index (κ2) is 6.25. The van der Waals surface area contributed by atoms with Crippen LogP contribution < -0.4 is 11.1 Å². The van der Waals surface area contributed by atoms with Crippen molar-refractivity contribution in [3.8, 4) is 0 Å². The third-order valence-electron chi connectivity index (χ3n) is 2.94. The van der Waals surface area contributed by atoms with Crippen molar-refractivity contribution < 1.29 is 4.79 Å². The minimum absolute atomic E-state index is 0.0562. The number of hydrogen-bond donors (Lipinski definition) is 2. The lowest BCUT2D eigenvalue weighted by molar-refractivity contribution is 0.0949. The smallest absolute Gasteiger partial charge is 0.251 e. The first-order valence-corrected chi connectivity index (χ1v) is 5.88. The Balaban J connectivity index is 2.56. The zero-order valence-electron chi connectivity index (χ0n) is 10.8. The van der Waals surface area contributed by atoms with E-state index in [0.29, 0.717) is 17.8 Å². The summed E-state index contributed by atoms with van der Waals surface area (Å²) in [6.45, 7) is 6.43. The summed E-state index contributed by atoms with van der Waals surface area (Å²) in [5.74, 6) is -0.0562. The third-order valence-corrected chi connectivity index (χ3v) is 2.94. The van der Waals surface area contributed by atoms with Crippen LogP contribution in [0, 0.1) is 6.92 Å². The summed E-state index contributed by atoms with van der Waals surface area (Å²) >= 11 is 0. The molecule has 0 unspecified atom stereocenters. The van der Waals surface area contributed by atoms with Crippen LogP contribution in [-0.4, -0.2) is 37.5 Å². The van der Waals surface area contributed by atoms with E-state index < -0.39 is 0 Å². The number of benzene rings is 1. The van der Waals surface area contributed by atoms with Crippen molar-refractivity contribution in [1.82, 2.24) is 10.2 Å². The molecule has 1 amide bonds. The van der Waals surface area contributed by atoms with Gasteiger partial charge in [-0.25, -0.2) is 0 Å². The van der Waals surface area contributed by atoms with Gasteiger partial charge in [0.25, 0.3) is 5.91 Å². The van der Waals surface area contributed by atoms with Gasteiger partial charge in [0.15, 0.2) is 0 Å². The molecule has 0 aliphatic heterocycles. The van der Waals surface area contributed by atoms with Gasteiger partial charge in [-0.05, 0) is 38.2 Å². The summed E-state index contributed by atoms with van der Waals surface area (Å²) in [5.41, 5.74) is 7.92. The minimum atomic E-state index is -0.0562. The van der Waals surface area contributed by atoms with E-state index >= 15 is 0 Å². The van der Waals surface area contributed by atoms with E-state index in [0.717, 1.165) is 18.7 Å². The molecule has 94 valence electrons. The monoisotopic (exact) mass is 235 g/mol. The molecule has 3 N–H and O–H groups in total. The molecule has 4 heteroatoms. The van der Waals surface area contributed by atoms with Crippen LogP contribution in [0.25, 0.3) is 0 Å². The molecule has 0 aromatic heterocycles. The Morgan fingerprint density at radius 1 is 1.47 bits per heavy atom. The van der Waals surface area contributed by atoms with E-state index in [2.05, 4.69) is 17.1 Å². The van der Waals surface area contributed by atoms with Crippen molar-refractivity contribution in [3.63, 3.8) is 0 Å². The number of likely N-dealkylation sites (N-methyl/N-ethyl adjacent to an activating group) is 1. The largest absolute Gasteiger partial charge is 0.398 e. The molecule has 1 aromatic carbocycles. The van der Waals surface area contributed by atoms with E-state index in [-0.39, 0.29) is 5.91 Å². The van der Waals surface area contributed by atoms with E-state index in [1.807, 2.05) is 14.0 Å². The summed E-state index contributed by atoms with van der Waals surface area (Å²) < 4.78 is 0. The van der Waals surface area contributed by atoms with Crippen molar-refractivity contribution in [2.45, 2.75) is 13.8 Å². The van der Waals surface area contributed by atoms with Gasteiger partial charge in [0.05, 0.1) is 0 Å². The molecule has 0 atom stereocenters. The summed E-state index contributed by atoms with van der Waals surface area (Å²) in [6.07, 6.45) is 0. The number of anilines is 1. The number of rotatable bonds is 5. The van der Waals surface area contributed by atoms with Gasteiger partial charge < -0.3 is 16.0 Å². The van der Waals surface area contributed by atoms with Gasteiger partial charge >= 0.3 is 0 Å². The Hall–Kier alpha value is -1.55. The van der Waals surface area contributed by atoms with E-state index in [1.165, 1.54) is 0 Å². The number of amides is 1. The maximum Gasteiger partial charge on any atom is 0.251 e. The number of nitrogens with one attached hydrogen (secondary N) is 1. The van der Waals surface area contributed by atoms with Gasteiger partial charge in [0.1, 0.15) is 0 Å². The molecule has 0 saturated carbocycles. The van der Waals surface area contributed by atoms with Gasteiger partial charge in [0, 0.05) is 24.3 Å². The molecular formula is C13H21N3O. The van der Waals surface area contributed by atoms with Crippen LogP contribution in [0.2, 0.25) is 0 Å². The number of nitrogens with two attached hydrogens (primary N) is 1. The van der Waals surface area contributed by atoms with Crippen LogP contribution in [0.4, 0.5) is 5.69 Å². The quantitative estimate of drug-likeness (QED) is 0.755. The fourth-order valence-corrected chi connectivity index (χ4v) is 1.51. The van der Waals surface area contributed by atoms with Crippen LogP contribution in [0.3, 0.4) is 0 Å². The maximum atomic E-state index is 11.9. The molecule has 1 aromatic rings. The number of hydrogen-bond acceptors (Lipinski definition) is 3. The summed E-state index contributed by atoms with van der Waals surface area (Å²) in [6, 6.07) is 5.40.